The molecule has 3 aromatic carbocycles. The molecule has 4 aromatic rings. The molecule has 142 valence electrons. The van der Waals surface area contributed by atoms with Crippen molar-refractivity contribution < 1.29 is 13.9 Å². The van der Waals surface area contributed by atoms with Crippen LogP contribution in [-0.2, 0) is 13.2 Å². The van der Waals surface area contributed by atoms with Crippen LogP contribution in [0.15, 0.2) is 66.7 Å². The Morgan fingerprint density at radius 3 is 2.61 bits per heavy atom. The van der Waals surface area contributed by atoms with Crippen LogP contribution in [0.25, 0.3) is 11.0 Å². The number of ether oxygens (including phenoxy) is 2. The van der Waals surface area contributed by atoms with Gasteiger partial charge in [-0.05, 0) is 36.4 Å². The second-order valence-corrected chi connectivity index (χ2v) is 6.68. The maximum Gasteiger partial charge on any atom is 0.148 e. The highest BCUT2D eigenvalue weighted by atomic mass is 35.5. The number of methoxy groups -OCH3 is 1. The van der Waals surface area contributed by atoms with E-state index < -0.39 is 0 Å². The summed E-state index contributed by atoms with van der Waals surface area (Å²) in [6.07, 6.45) is 0. The van der Waals surface area contributed by atoms with Gasteiger partial charge < -0.3 is 14.0 Å². The molecule has 0 N–H and O–H groups in total. The highest BCUT2D eigenvalue weighted by Crippen LogP contribution is 2.25. The van der Waals surface area contributed by atoms with E-state index in [1.807, 2.05) is 47.0 Å². The fourth-order valence-electron chi connectivity index (χ4n) is 3.09. The third-order valence-corrected chi connectivity index (χ3v) is 4.87. The number of benzene rings is 3. The van der Waals surface area contributed by atoms with Crippen LogP contribution in [0.2, 0.25) is 5.02 Å². The van der Waals surface area contributed by atoms with Crippen molar-refractivity contribution >= 4 is 22.6 Å². The number of hydrogen-bond acceptors (Lipinski definition) is 3. The van der Waals surface area contributed by atoms with Gasteiger partial charge in [-0.25, -0.2) is 9.37 Å². The number of halogens is 2. The van der Waals surface area contributed by atoms with Crippen LogP contribution in [0.3, 0.4) is 0 Å². The Labute approximate surface area is 167 Å². The van der Waals surface area contributed by atoms with Crippen molar-refractivity contribution in [2.45, 2.75) is 13.2 Å². The monoisotopic (exact) mass is 396 g/mol. The maximum atomic E-state index is 14.3. The standard InChI is InChI=1S/C22H18ClFN2O2/c1-27-15-6-4-7-16(12-15)28-14-22-25-20-10-2-3-11-21(20)26(22)13-17-18(23)8-5-9-19(17)24/h2-12H,13-14H2,1H3. The molecular weight excluding hydrogens is 379 g/mol. The smallest absolute Gasteiger partial charge is 0.148 e. The fourth-order valence-corrected chi connectivity index (χ4v) is 3.32. The maximum absolute atomic E-state index is 14.3. The van der Waals surface area contributed by atoms with Gasteiger partial charge in [0, 0.05) is 16.7 Å². The molecule has 0 saturated carbocycles. The zero-order chi connectivity index (χ0) is 19.5. The van der Waals surface area contributed by atoms with Gasteiger partial charge in [-0.15, -0.1) is 0 Å². The van der Waals surface area contributed by atoms with Gasteiger partial charge in [0.25, 0.3) is 0 Å². The molecule has 0 saturated heterocycles. The van der Waals surface area contributed by atoms with Crippen molar-refractivity contribution in [1.29, 1.82) is 0 Å². The lowest BCUT2D eigenvalue weighted by molar-refractivity contribution is 0.289. The second kappa shape index (κ2) is 7.90. The molecule has 4 nitrogen and oxygen atoms in total. The Hall–Kier alpha value is -3.05. The number of nitrogens with zero attached hydrogens (tertiary/aromatic N) is 2. The molecule has 4 rings (SSSR count). The lowest BCUT2D eigenvalue weighted by atomic mass is 10.2. The summed E-state index contributed by atoms with van der Waals surface area (Å²) in [7, 11) is 1.61. The van der Waals surface area contributed by atoms with Gasteiger partial charge in [-0.2, -0.15) is 0 Å². The average Bonchev–Trinajstić information content (AvgIpc) is 3.07. The summed E-state index contributed by atoms with van der Waals surface area (Å²) in [5.74, 6) is 1.72. The van der Waals surface area contributed by atoms with E-state index in [4.69, 9.17) is 21.1 Å². The molecule has 1 aromatic heterocycles. The first-order valence-corrected chi connectivity index (χ1v) is 9.17. The molecule has 6 heteroatoms. The van der Waals surface area contributed by atoms with E-state index in [0.29, 0.717) is 27.9 Å². The molecule has 0 aliphatic carbocycles. The summed E-state index contributed by atoms with van der Waals surface area (Å²) < 4.78 is 27.4. The minimum Gasteiger partial charge on any atom is -0.497 e. The summed E-state index contributed by atoms with van der Waals surface area (Å²) in [6.45, 7) is 0.497. The molecule has 0 bridgehead atoms. The van der Waals surface area contributed by atoms with E-state index in [1.165, 1.54) is 6.07 Å². The third kappa shape index (κ3) is 3.66. The van der Waals surface area contributed by atoms with Crippen LogP contribution < -0.4 is 9.47 Å². The van der Waals surface area contributed by atoms with Crippen molar-refractivity contribution in [2.75, 3.05) is 7.11 Å². The quantitative estimate of drug-likeness (QED) is 0.434. The van der Waals surface area contributed by atoms with Gasteiger partial charge in [0.2, 0.25) is 0 Å². The summed E-state index contributed by atoms with van der Waals surface area (Å²) in [6, 6.07) is 19.8. The Kier molecular flexibility index (Phi) is 5.17. The first-order chi connectivity index (χ1) is 13.7. The Morgan fingerprint density at radius 1 is 1.00 bits per heavy atom. The predicted octanol–water partition coefficient (Wildman–Crippen LogP) is 5.46. The van der Waals surface area contributed by atoms with Gasteiger partial charge in [-0.1, -0.05) is 35.9 Å². The van der Waals surface area contributed by atoms with Crippen LogP contribution >= 0.6 is 11.6 Å². The summed E-state index contributed by atoms with van der Waals surface area (Å²) in [4.78, 5) is 4.67. The SMILES string of the molecule is COc1cccc(OCc2nc3ccccc3n2Cc2c(F)cccc2Cl)c1. The van der Waals surface area contributed by atoms with Crippen molar-refractivity contribution in [2.24, 2.45) is 0 Å². The number of rotatable bonds is 6. The minimum absolute atomic E-state index is 0.230. The van der Waals surface area contributed by atoms with Gasteiger partial charge >= 0.3 is 0 Å². The predicted molar refractivity (Wildman–Crippen MR) is 108 cm³/mol. The molecule has 0 radical (unpaired) electrons. The van der Waals surface area contributed by atoms with Crippen molar-refractivity contribution in [3.8, 4) is 11.5 Å². The van der Waals surface area contributed by atoms with Crippen molar-refractivity contribution in [3.05, 3.63) is 89.0 Å². The largest absolute Gasteiger partial charge is 0.497 e. The topological polar surface area (TPSA) is 36.3 Å². The molecule has 0 amide bonds. The van der Waals surface area contributed by atoms with Gasteiger partial charge in [0.05, 0.1) is 24.7 Å². The molecule has 28 heavy (non-hydrogen) atoms. The van der Waals surface area contributed by atoms with Crippen LogP contribution in [0, 0.1) is 5.82 Å². The van der Waals surface area contributed by atoms with E-state index in [-0.39, 0.29) is 19.0 Å². The lowest BCUT2D eigenvalue weighted by Crippen LogP contribution is -2.10. The lowest BCUT2D eigenvalue weighted by Gasteiger charge is -2.13. The molecule has 0 unspecified atom stereocenters. The first-order valence-electron chi connectivity index (χ1n) is 8.79. The molecule has 0 aliphatic rings. The fraction of sp³-hybridized carbons (Fsp3) is 0.136. The number of para-hydroxylation sites is 2. The average molecular weight is 397 g/mol. The normalized spacial score (nSPS) is 11.0. The van der Waals surface area contributed by atoms with E-state index in [9.17, 15) is 4.39 Å². The first kappa shape index (κ1) is 18.3. The molecule has 1 heterocycles. The van der Waals surface area contributed by atoms with Gasteiger partial charge in [-0.3, -0.25) is 0 Å². The Morgan fingerprint density at radius 2 is 1.79 bits per heavy atom. The van der Waals surface area contributed by atoms with Crippen LogP contribution in [0.4, 0.5) is 4.39 Å². The van der Waals surface area contributed by atoms with E-state index in [1.54, 1.807) is 25.3 Å². The number of fused-ring (bicyclic) bond motifs is 1. The van der Waals surface area contributed by atoms with Gasteiger partial charge in [0.1, 0.15) is 29.7 Å². The summed E-state index contributed by atoms with van der Waals surface area (Å²) in [5, 5.41) is 0.387. The van der Waals surface area contributed by atoms with E-state index >= 15 is 0 Å². The second-order valence-electron chi connectivity index (χ2n) is 6.27. The number of imidazole rings is 1. The van der Waals surface area contributed by atoms with Crippen molar-refractivity contribution in [3.63, 3.8) is 0 Å². The molecular formula is C22H18ClFN2O2. The minimum atomic E-state index is -0.343. The molecule has 0 fully saturated rings. The highest BCUT2D eigenvalue weighted by molar-refractivity contribution is 6.31. The van der Waals surface area contributed by atoms with E-state index in [2.05, 4.69) is 4.98 Å². The zero-order valence-electron chi connectivity index (χ0n) is 15.2. The number of aromatic nitrogens is 2. The summed E-state index contributed by atoms with van der Waals surface area (Å²) in [5.41, 5.74) is 2.14. The third-order valence-electron chi connectivity index (χ3n) is 4.52. The number of hydrogen-bond donors (Lipinski definition) is 0. The van der Waals surface area contributed by atoms with Crippen LogP contribution in [-0.4, -0.2) is 16.7 Å². The highest BCUT2D eigenvalue weighted by Gasteiger charge is 2.15. The van der Waals surface area contributed by atoms with E-state index in [0.717, 1.165) is 11.0 Å². The zero-order valence-corrected chi connectivity index (χ0v) is 16.0. The molecule has 0 spiro atoms. The van der Waals surface area contributed by atoms with Crippen LogP contribution in [0.5, 0.6) is 11.5 Å². The van der Waals surface area contributed by atoms with Crippen molar-refractivity contribution in [1.82, 2.24) is 9.55 Å². The van der Waals surface area contributed by atoms with Gasteiger partial charge in [0.15, 0.2) is 0 Å². The summed E-state index contributed by atoms with van der Waals surface area (Å²) >= 11 is 6.24. The molecule has 0 atom stereocenters. The Balaban J connectivity index is 1.69. The molecule has 0 aliphatic heterocycles. The Bertz CT molecular complexity index is 1110. The van der Waals surface area contributed by atoms with Crippen LogP contribution in [0.1, 0.15) is 11.4 Å².